The third kappa shape index (κ3) is 6.32. The van der Waals surface area contributed by atoms with E-state index in [9.17, 15) is 14.3 Å². The van der Waals surface area contributed by atoms with E-state index in [2.05, 4.69) is 15.5 Å². The van der Waals surface area contributed by atoms with E-state index in [4.69, 9.17) is 0 Å². The fourth-order valence-electron chi connectivity index (χ4n) is 4.58. The zero-order valence-corrected chi connectivity index (χ0v) is 18.4. The van der Waals surface area contributed by atoms with Gasteiger partial charge in [-0.2, -0.15) is 0 Å². The van der Waals surface area contributed by atoms with Gasteiger partial charge in [0.05, 0.1) is 11.8 Å². The zero-order chi connectivity index (χ0) is 21.5. The predicted octanol–water partition coefficient (Wildman–Crippen LogP) is 3.95. The lowest BCUT2D eigenvalue weighted by Gasteiger charge is -2.33. The molecular formula is C23H37FN4O2. The molecule has 0 radical (unpaired) electrons. The summed E-state index contributed by atoms with van der Waals surface area (Å²) in [6, 6.07) is 5.13. The minimum atomic E-state index is -0.302. The molecule has 30 heavy (non-hydrogen) atoms. The lowest BCUT2D eigenvalue weighted by Crippen LogP contribution is -2.47. The molecule has 3 rings (SSSR count). The van der Waals surface area contributed by atoms with E-state index in [1.54, 1.807) is 12.1 Å². The lowest BCUT2D eigenvalue weighted by atomic mass is 9.94. The van der Waals surface area contributed by atoms with E-state index in [1.165, 1.54) is 25.3 Å². The monoisotopic (exact) mass is 420 g/mol. The number of carbonyl (C=O) groups excluding carboxylic acids is 1. The lowest BCUT2D eigenvalue weighted by molar-refractivity contribution is 0.0925. The molecule has 2 fully saturated rings. The standard InChI is InChI=1S/C23H37FN4O2/c1-3-20(29)16-28-13-11-17(12-14-28)25-23(30)26-18-9-10-22(21(24)15-18)27(2)19-7-5-4-6-8-19/h9-10,15,17,19-20,29H,3-8,11-14,16H2,1-2H3,(H2,25,26,30). The average molecular weight is 421 g/mol. The fourth-order valence-corrected chi connectivity index (χ4v) is 4.58. The molecule has 0 aromatic heterocycles. The number of carbonyl (C=O) groups is 1. The van der Waals surface area contributed by atoms with Gasteiger partial charge in [0.15, 0.2) is 0 Å². The molecule has 2 aliphatic rings. The Morgan fingerprint density at radius 2 is 1.93 bits per heavy atom. The molecule has 0 spiro atoms. The highest BCUT2D eigenvalue weighted by Crippen LogP contribution is 2.29. The van der Waals surface area contributed by atoms with Crippen LogP contribution in [0.1, 0.15) is 58.3 Å². The highest BCUT2D eigenvalue weighted by molar-refractivity contribution is 5.89. The van der Waals surface area contributed by atoms with Crippen LogP contribution in [0.4, 0.5) is 20.6 Å². The SMILES string of the molecule is CCC(O)CN1CCC(NC(=O)Nc2ccc(N(C)C3CCCCC3)c(F)c2)CC1. The Labute approximate surface area is 179 Å². The Morgan fingerprint density at radius 1 is 1.23 bits per heavy atom. The minimum Gasteiger partial charge on any atom is -0.392 e. The van der Waals surface area contributed by atoms with Crippen molar-refractivity contribution in [2.45, 2.75) is 76.5 Å². The van der Waals surface area contributed by atoms with Crippen molar-refractivity contribution in [3.8, 4) is 0 Å². The summed E-state index contributed by atoms with van der Waals surface area (Å²) in [5.41, 5.74) is 1.06. The van der Waals surface area contributed by atoms with Crippen LogP contribution in [0.15, 0.2) is 18.2 Å². The summed E-state index contributed by atoms with van der Waals surface area (Å²) in [4.78, 5) is 16.6. The highest BCUT2D eigenvalue weighted by atomic mass is 19.1. The van der Waals surface area contributed by atoms with E-state index in [-0.39, 0.29) is 24.0 Å². The van der Waals surface area contributed by atoms with Gasteiger partial charge < -0.3 is 25.5 Å². The highest BCUT2D eigenvalue weighted by Gasteiger charge is 2.23. The van der Waals surface area contributed by atoms with E-state index < -0.39 is 0 Å². The molecule has 1 heterocycles. The second-order valence-electron chi connectivity index (χ2n) is 8.80. The molecule has 0 bridgehead atoms. The van der Waals surface area contributed by atoms with Gasteiger partial charge in [0, 0.05) is 44.5 Å². The normalized spacial score (nSPS) is 20.0. The van der Waals surface area contributed by atoms with Crippen LogP contribution >= 0.6 is 0 Å². The maximum absolute atomic E-state index is 14.7. The molecule has 1 saturated carbocycles. The van der Waals surface area contributed by atoms with Gasteiger partial charge in [-0.05, 0) is 50.3 Å². The molecule has 2 amide bonds. The van der Waals surface area contributed by atoms with Gasteiger partial charge in [-0.3, -0.25) is 0 Å². The molecule has 3 N–H and O–H groups in total. The molecule has 1 aromatic rings. The Kier molecular flexibility index (Phi) is 8.33. The van der Waals surface area contributed by atoms with Crippen LogP contribution in [0, 0.1) is 5.82 Å². The largest absolute Gasteiger partial charge is 0.392 e. The van der Waals surface area contributed by atoms with Gasteiger partial charge in [0.25, 0.3) is 0 Å². The third-order valence-electron chi connectivity index (χ3n) is 6.57. The number of aliphatic hydroxyl groups excluding tert-OH is 1. The van der Waals surface area contributed by atoms with Crippen molar-refractivity contribution < 1.29 is 14.3 Å². The van der Waals surface area contributed by atoms with Gasteiger partial charge in [0.1, 0.15) is 5.82 Å². The van der Waals surface area contributed by atoms with Crippen LogP contribution in [0.25, 0.3) is 0 Å². The van der Waals surface area contributed by atoms with Crippen molar-refractivity contribution in [3.05, 3.63) is 24.0 Å². The van der Waals surface area contributed by atoms with Gasteiger partial charge in [-0.25, -0.2) is 9.18 Å². The molecule has 7 heteroatoms. The quantitative estimate of drug-likeness (QED) is 0.625. The zero-order valence-electron chi connectivity index (χ0n) is 18.4. The van der Waals surface area contributed by atoms with Crippen molar-refractivity contribution in [1.29, 1.82) is 0 Å². The molecule has 1 aliphatic carbocycles. The van der Waals surface area contributed by atoms with Gasteiger partial charge in [-0.1, -0.05) is 26.2 Å². The maximum atomic E-state index is 14.7. The Hall–Kier alpha value is -1.86. The van der Waals surface area contributed by atoms with Crippen molar-refractivity contribution >= 4 is 17.4 Å². The van der Waals surface area contributed by atoms with Crippen LogP contribution in [-0.2, 0) is 0 Å². The summed E-state index contributed by atoms with van der Waals surface area (Å²) in [7, 11) is 1.96. The summed E-state index contributed by atoms with van der Waals surface area (Å²) in [5, 5.41) is 15.5. The number of rotatable bonds is 7. The van der Waals surface area contributed by atoms with Gasteiger partial charge in [-0.15, -0.1) is 0 Å². The number of piperidine rings is 1. The van der Waals surface area contributed by atoms with Crippen molar-refractivity contribution in [1.82, 2.24) is 10.2 Å². The number of aliphatic hydroxyl groups is 1. The summed E-state index contributed by atoms with van der Waals surface area (Å²) >= 11 is 0. The summed E-state index contributed by atoms with van der Waals surface area (Å²) in [5.74, 6) is -0.302. The van der Waals surface area contributed by atoms with Crippen LogP contribution in [0.5, 0.6) is 0 Å². The predicted molar refractivity (Wildman–Crippen MR) is 120 cm³/mol. The first-order valence-electron chi connectivity index (χ1n) is 11.5. The van der Waals surface area contributed by atoms with E-state index in [0.29, 0.717) is 24.0 Å². The van der Waals surface area contributed by atoms with E-state index in [1.807, 2.05) is 18.9 Å². The van der Waals surface area contributed by atoms with Crippen LogP contribution in [0.2, 0.25) is 0 Å². The van der Waals surface area contributed by atoms with Crippen molar-refractivity contribution in [2.75, 3.05) is 36.9 Å². The Balaban J connectivity index is 1.47. The summed E-state index contributed by atoms with van der Waals surface area (Å²) in [6.07, 6.45) is 8.06. The van der Waals surface area contributed by atoms with Crippen molar-refractivity contribution in [2.24, 2.45) is 0 Å². The molecule has 1 atom stereocenters. The number of amides is 2. The number of likely N-dealkylation sites (tertiary alicyclic amines) is 1. The van der Waals surface area contributed by atoms with Crippen LogP contribution in [0.3, 0.4) is 0 Å². The molecule has 1 aliphatic heterocycles. The van der Waals surface area contributed by atoms with Crippen molar-refractivity contribution in [3.63, 3.8) is 0 Å². The number of β-amino-alcohol motifs (C(OH)–C–C–N with tert-alkyl or cyclic N) is 1. The minimum absolute atomic E-state index is 0.0987. The Bertz CT molecular complexity index is 688. The van der Waals surface area contributed by atoms with Crippen LogP contribution < -0.4 is 15.5 Å². The molecule has 1 unspecified atom stereocenters. The van der Waals surface area contributed by atoms with Gasteiger partial charge >= 0.3 is 6.03 Å². The number of nitrogens with zero attached hydrogens (tertiary/aromatic N) is 2. The Morgan fingerprint density at radius 3 is 2.57 bits per heavy atom. The molecule has 1 saturated heterocycles. The molecule has 1 aromatic carbocycles. The summed E-state index contributed by atoms with van der Waals surface area (Å²) in [6.45, 7) is 4.39. The number of anilines is 2. The average Bonchev–Trinajstić information content (AvgIpc) is 2.75. The second-order valence-corrected chi connectivity index (χ2v) is 8.80. The maximum Gasteiger partial charge on any atom is 0.319 e. The second kappa shape index (κ2) is 11.0. The smallest absolute Gasteiger partial charge is 0.319 e. The number of hydrogen-bond acceptors (Lipinski definition) is 4. The fraction of sp³-hybridized carbons (Fsp3) is 0.696. The number of benzene rings is 1. The number of halogens is 1. The first-order chi connectivity index (χ1) is 14.5. The first-order valence-corrected chi connectivity index (χ1v) is 11.5. The third-order valence-corrected chi connectivity index (χ3v) is 6.57. The van der Waals surface area contributed by atoms with E-state index in [0.717, 1.165) is 45.2 Å². The van der Waals surface area contributed by atoms with E-state index >= 15 is 0 Å². The summed E-state index contributed by atoms with van der Waals surface area (Å²) < 4.78 is 14.7. The molecular weight excluding hydrogens is 383 g/mol. The number of urea groups is 1. The number of hydrogen-bond donors (Lipinski definition) is 3. The van der Waals surface area contributed by atoms with Gasteiger partial charge in [0.2, 0.25) is 0 Å². The number of nitrogens with one attached hydrogen (secondary N) is 2. The first kappa shape index (κ1) is 22.8. The molecule has 168 valence electrons. The van der Waals surface area contributed by atoms with Crippen LogP contribution in [-0.4, -0.2) is 60.9 Å². The topological polar surface area (TPSA) is 67.8 Å². The molecule has 6 nitrogen and oxygen atoms in total.